The molecule has 2 rings (SSSR count). The van der Waals surface area contributed by atoms with Gasteiger partial charge in [-0.2, -0.15) is 26.3 Å². The molecule has 1 aromatic rings. The molecule has 0 saturated carbocycles. The first-order valence-electron chi connectivity index (χ1n) is 8.11. The zero-order chi connectivity index (χ0) is 20.8. The van der Waals surface area contributed by atoms with Crippen molar-refractivity contribution in [1.82, 2.24) is 4.57 Å². The van der Waals surface area contributed by atoms with Crippen LogP contribution in [0.25, 0.3) is 0 Å². The minimum absolute atomic E-state index is 0.103. The van der Waals surface area contributed by atoms with Gasteiger partial charge in [-0.3, -0.25) is 0 Å². The van der Waals surface area contributed by atoms with Gasteiger partial charge in [-0.15, -0.1) is 0 Å². The monoisotopic (exact) mass is 461 g/mol. The molecule has 0 amide bonds. The van der Waals surface area contributed by atoms with Crippen LogP contribution in [-0.2, 0) is 29.9 Å². The van der Waals surface area contributed by atoms with Crippen molar-refractivity contribution in [3.05, 3.63) is 33.1 Å². The number of aromatic nitrogens is 1. The number of carbonyl (C=O) groups is 1. The van der Waals surface area contributed by atoms with E-state index < -0.39 is 46.6 Å². The maximum atomic E-state index is 13.7. The van der Waals surface area contributed by atoms with Crippen LogP contribution in [0.15, 0.2) is 10.6 Å². The number of rotatable bonds is 0. The van der Waals surface area contributed by atoms with E-state index in [9.17, 15) is 31.1 Å². The van der Waals surface area contributed by atoms with E-state index in [4.69, 9.17) is 4.74 Å². The molecular weight excluding hydrogens is 444 g/mol. The van der Waals surface area contributed by atoms with Gasteiger partial charge < -0.3 is 4.74 Å². The molecule has 3 nitrogen and oxygen atoms in total. The molecule has 1 aliphatic carbocycles. The number of alkyl halides is 6. The fourth-order valence-corrected chi connectivity index (χ4v) is 3.44. The third-order valence-electron chi connectivity index (χ3n) is 3.87. The molecule has 1 heterocycles. The van der Waals surface area contributed by atoms with Crippen molar-refractivity contribution in [2.45, 2.75) is 64.4 Å². The number of allylic oxidation sites excluding steroid dienone is 2. The molecule has 10 heteroatoms. The minimum Gasteiger partial charge on any atom is -0.443 e. The number of halogens is 7. The lowest BCUT2D eigenvalue weighted by atomic mass is 9.96. The van der Waals surface area contributed by atoms with E-state index in [2.05, 4.69) is 15.9 Å². The molecule has 0 N–H and O–H groups in total. The van der Waals surface area contributed by atoms with Crippen LogP contribution in [-0.4, -0.2) is 16.3 Å². The highest BCUT2D eigenvalue weighted by atomic mass is 79.9. The smallest absolute Gasteiger partial charge is 0.432 e. The molecule has 1 aromatic heterocycles. The highest BCUT2D eigenvalue weighted by Crippen LogP contribution is 2.45. The van der Waals surface area contributed by atoms with E-state index >= 15 is 0 Å². The minimum atomic E-state index is -5.15. The Morgan fingerprint density at radius 1 is 0.963 bits per heavy atom. The van der Waals surface area contributed by atoms with Crippen molar-refractivity contribution in [2.75, 3.05) is 0 Å². The summed E-state index contributed by atoms with van der Waals surface area (Å²) < 4.78 is 87.5. The van der Waals surface area contributed by atoms with Gasteiger partial charge in [0.15, 0.2) is 0 Å². The Balaban J connectivity index is 2.82. The average Bonchev–Trinajstić information content (AvgIpc) is 2.75. The van der Waals surface area contributed by atoms with Gasteiger partial charge >= 0.3 is 18.4 Å². The standard InChI is InChI=1S/C17H18BrF6NO2/c1-15(2,3)27-14(26)25-12(16(19,20)21)10-6-4-5-9(18)7-8-11(10)13(25)17(22,23)24/h5H,4,6-8H2,1-3H3/b9-5+. The normalized spacial score (nSPS) is 18.2. The Hall–Kier alpha value is -1.45. The van der Waals surface area contributed by atoms with Crippen LogP contribution in [0.5, 0.6) is 0 Å². The summed E-state index contributed by atoms with van der Waals surface area (Å²) in [5.41, 5.74) is -5.49. The van der Waals surface area contributed by atoms with Crippen molar-refractivity contribution < 1.29 is 35.9 Å². The molecular formula is C17H18BrF6NO2. The first-order chi connectivity index (χ1) is 12.1. The van der Waals surface area contributed by atoms with Crippen molar-refractivity contribution >= 4 is 22.0 Å². The summed E-state index contributed by atoms with van der Waals surface area (Å²) in [7, 11) is 0. The van der Waals surface area contributed by atoms with Crippen molar-refractivity contribution in [3.8, 4) is 0 Å². The largest absolute Gasteiger partial charge is 0.443 e. The van der Waals surface area contributed by atoms with Gasteiger partial charge in [0, 0.05) is 0 Å². The van der Waals surface area contributed by atoms with Crippen LogP contribution >= 0.6 is 15.9 Å². The van der Waals surface area contributed by atoms with Gasteiger partial charge in [-0.1, -0.05) is 22.0 Å². The lowest BCUT2D eigenvalue weighted by molar-refractivity contribution is -0.152. The lowest BCUT2D eigenvalue weighted by Crippen LogP contribution is -2.32. The Kier molecular flexibility index (Phi) is 5.81. The molecule has 152 valence electrons. The second kappa shape index (κ2) is 7.18. The van der Waals surface area contributed by atoms with Gasteiger partial charge in [0.2, 0.25) is 0 Å². The summed E-state index contributed by atoms with van der Waals surface area (Å²) >= 11 is 3.19. The van der Waals surface area contributed by atoms with E-state index in [0.717, 1.165) is 0 Å². The average molecular weight is 462 g/mol. The zero-order valence-corrected chi connectivity index (χ0v) is 16.4. The van der Waals surface area contributed by atoms with Crippen LogP contribution in [0, 0.1) is 0 Å². The summed E-state index contributed by atoms with van der Waals surface area (Å²) in [5, 5.41) is 0. The van der Waals surface area contributed by atoms with Crippen LogP contribution in [0.2, 0.25) is 0 Å². The molecule has 0 atom stereocenters. The van der Waals surface area contributed by atoms with E-state index in [0.29, 0.717) is 4.48 Å². The van der Waals surface area contributed by atoms with Gasteiger partial charge in [0.1, 0.15) is 17.0 Å². The number of fused-ring (bicyclic) bond motifs is 1. The quantitative estimate of drug-likeness (QED) is 0.414. The molecule has 0 radical (unpaired) electrons. The fourth-order valence-electron chi connectivity index (χ4n) is 3.01. The Bertz CT molecular complexity index is 768. The molecule has 1 aliphatic rings. The molecule has 0 aliphatic heterocycles. The molecule has 0 unspecified atom stereocenters. The fraction of sp³-hybridized carbons (Fsp3) is 0.588. The first kappa shape index (κ1) is 21.8. The summed E-state index contributed by atoms with van der Waals surface area (Å²) in [4.78, 5) is 12.4. The summed E-state index contributed by atoms with van der Waals surface area (Å²) in [6.45, 7) is 4.10. The van der Waals surface area contributed by atoms with Crippen molar-refractivity contribution in [1.29, 1.82) is 0 Å². The molecule has 0 aromatic carbocycles. The summed E-state index contributed by atoms with van der Waals surface area (Å²) in [6.07, 6.45) is -10.7. The second-order valence-corrected chi connectivity index (χ2v) is 8.17. The van der Waals surface area contributed by atoms with Crippen LogP contribution < -0.4 is 0 Å². The highest BCUT2D eigenvalue weighted by Gasteiger charge is 2.49. The number of nitrogens with zero attached hydrogens (tertiary/aromatic N) is 1. The SMILES string of the molecule is CC(C)(C)OC(=O)n1c(C(F)(F)F)c2c(c1C(F)(F)F)CC/C(Br)=C\CC2. The summed E-state index contributed by atoms with van der Waals surface area (Å²) in [5.74, 6) is 0. The molecule has 27 heavy (non-hydrogen) atoms. The lowest BCUT2D eigenvalue weighted by Gasteiger charge is -2.23. The third-order valence-corrected chi connectivity index (χ3v) is 4.59. The van der Waals surface area contributed by atoms with E-state index in [1.807, 2.05) is 0 Å². The maximum Gasteiger partial charge on any atom is 0.432 e. The predicted molar refractivity (Wildman–Crippen MR) is 89.7 cm³/mol. The number of hydrogen-bond acceptors (Lipinski definition) is 2. The van der Waals surface area contributed by atoms with E-state index in [1.165, 1.54) is 20.8 Å². The van der Waals surface area contributed by atoms with Gasteiger partial charge in [-0.05, 0) is 62.1 Å². The predicted octanol–water partition coefficient (Wildman–Crippen LogP) is 6.47. The molecule has 0 fully saturated rings. The third kappa shape index (κ3) is 4.89. The topological polar surface area (TPSA) is 31.2 Å². The van der Waals surface area contributed by atoms with Gasteiger partial charge in [0.25, 0.3) is 0 Å². The Labute approximate surface area is 160 Å². The van der Waals surface area contributed by atoms with Crippen molar-refractivity contribution in [2.24, 2.45) is 0 Å². The Morgan fingerprint density at radius 3 is 1.89 bits per heavy atom. The van der Waals surface area contributed by atoms with Crippen LogP contribution in [0.3, 0.4) is 0 Å². The van der Waals surface area contributed by atoms with Crippen LogP contribution in [0.4, 0.5) is 31.1 Å². The van der Waals surface area contributed by atoms with Crippen LogP contribution in [0.1, 0.15) is 56.1 Å². The Morgan fingerprint density at radius 2 is 1.44 bits per heavy atom. The number of hydrogen-bond donors (Lipinski definition) is 0. The maximum absolute atomic E-state index is 13.7. The molecule has 0 bridgehead atoms. The highest BCUT2D eigenvalue weighted by molar-refractivity contribution is 9.11. The van der Waals surface area contributed by atoms with Gasteiger partial charge in [0.05, 0.1) is 0 Å². The van der Waals surface area contributed by atoms with Gasteiger partial charge in [-0.25, -0.2) is 9.36 Å². The molecule has 0 saturated heterocycles. The number of carbonyl (C=O) groups excluding carboxylic acids is 1. The zero-order valence-electron chi connectivity index (χ0n) is 14.8. The van der Waals surface area contributed by atoms with E-state index in [1.54, 1.807) is 6.08 Å². The number of ether oxygens (including phenoxy) is 1. The van der Waals surface area contributed by atoms with Crippen molar-refractivity contribution in [3.63, 3.8) is 0 Å². The second-order valence-electron chi connectivity index (χ2n) is 7.16. The first-order valence-corrected chi connectivity index (χ1v) is 8.91. The summed E-state index contributed by atoms with van der Waals surface area (Å²) in [6, 6.07) is 0. The molecule has 0 spiro atoms. The van der Waals surface area contributed by atoms with E-state index in [-0.39, 0.29) is 30.3 Å².